The molecular weight excluding hydrogens is 367 g/mol. The van der Waals surface area contributed by atoms with E-state index in [-0.39, 0.29) is 17.3 Å². The Balaban J connectivity index is 1.40. The van der Waals surface area contributed by atoms with E-state index in [2.05, 4.69) is 4.90 Å². The van der Waals surface area contributed by atoms with Crippen LogP contribution in [-0.2, 0) is 16.4 Å². The van der Waals surface area contributed by atoms with E-state index in [1.165, 1.54) is 6.07 Å². The predicted octanol–water partition coefficient (Wildman–Crippen LogP) is 2.39. The highest BCUT2D eigenvalue weighted by Gasteiger charge is 2.26. The van der Waals surface area contributed by atoms with Gasteiger partial charge in [0.2, 0.25) is 10.0 Å². The molecule has 0 saturated carbocycles. The van der Waals surface area contributed by atoms with Crippen molar-refractivity contribution in [1.29, 1.82) is 0 Å². The minimum absolute atomic E-state index is 0.132. The van der Waals surface area contributed by atoms with Gasteiger partial charge in [-0.05, 0) is 24.1 Å². The molecule has 1 fully saturated rings. The first-order valence-corrected chi connectivity index (χ1v) is 10.8. The summed E-state index contributed by atoms with van der Waals surface area (Å²) in [6.45, 7) is 3.30. The van der Waals surface area contributed by atoms with Crippen LogP contribution in [0.3, 0.4) is 0 Å². The Hall–Kier alpha value is -1.96. The van der Waals surface area contributed by atoms with Crippen LogP contribution in [0, 0.1) is 5.82 Å². The third-order valence-electron chi connectivity index (χ3n) is 4.72. The van der Waals surface area contributed by atoms with Crippen LogP contribution in [0.5, 0.6) is 5.75 Å². The lowest BCUT2D eigenvalue weighted by Crippen LogP contribution is -2.50. The van der Waals surface area contributed by atoms with Gasteiger partial charge in [0.05, 0.1) is 5.75 Å². The number of ether oxygens (including phenoxy) is 1. The largest absolute Gasteiger partial charge is 0.489 e. The number of rotatable bonds is 8. The molecule has 5 nitrogen and oxygen atoms in total. The molecule has 0 aromatic heterocycles. The summed E-state index contributed by atoms with van der Waals surface area (Å²) in [4.78, 5) is 2.14. The monoisotopic (exact) mass is 392 g/mol. The number of halogens is 1. The van der Waals surface area contributed by atoms with E-state index in [9.17, 15) is 12.8 Å². The molecule has 1 aliphatic heterocycles. The number of nitrogens with zero attached hydrogens (tertiary/aromatic N) is 2. The molecule has 3 rings (SSSR count). The van der Waals surface area contributed by atoms with Crippen molar-refractivity contribution in [3.05, 3.63) is 66.0 Å². The Morgan fingerprint density at radius 2 is 1.59 bits per heavy atom. The fourth-order valence-electron chi connectivity index (χ4n) is 3.10. The second-order valence-corrected chi connectivity index (χ2v) is 8.66. The van der Waals surface area contributed by atoms with Crippen LogP contribution >= 0.6 is 0 Å². The van der Waals surface area contributed by atoms with Gasteiger partial charge in [0, 0.05) is 32.7 Å². The van der Waals surface area contributed by atoms with Crippen molar-refractivity contribution in [2.75, 3.05) is 45.1 Å². The van der Waals surface area contributed by atoms with Crippen LogP contribution < -0.4 is 4.74 Å². The van der Waals surface area contributed by atoms with Crippen molar-refractivity contribution >= 4 is 10.0 Å². The molecular formula is C20H25FN2O3S. The van der Waals surface area contributed by atoms with Gasteiger partial charge in [-0.15, -0.1) is 0 Å². The molecule has 0 radical (unpaired) electrons. The standard InChI is InChI=1S/C20H25FN2O3S/c21-19-8-4-5-9-20(19)26-16-15-22-11-13-23(14-12-22)27(24,25)17-10-18-6-2-1-3-7-18/h1-9H,10-17H2. The molecule has 1 aliphatic rings. The van der Waals surface area contributed by atoms with Gasteiger partial charge < -0.3 is 4.74 Å². The summed E-state index contributed by atoms with van der Waals surface area (Å²) < 4.78 is 45.7. The Kier molecular flexibility index (Phi) is 6.82. The molecule has 2 aromatic carbocycles. The third-order valence-corrected chi connectivity index (χ3v) is 6.59. The lowest BCUT2D eigenvalue weighted by molar-refractivity contribution is 0.157. The van der Waals surface area contributed by atoms with Crippen molar-refractivity contribution < 1.29 is 17.5 Å². The average molecular weight is 392 g/mol. The lowest BCUT2D eigenvalue weighted by Gasteiger charge is -2.33. The zero-order chi connectivity index (χ0) is 19.1. The molecule has 0 aliphatic carbocycles. The molecule has 7 heteroatoms. The highest BCUT2D eigenvalue weighted by Crippen LogP contribution is 2.15. The minimum Gasteiger partial charge on any atom is -0.489 e. The van der Waals surface area contributed by atoms with Crippen molar-refractivity contribution in [3.8, 4) is 5.75 Å². The fraction of sp³-hybridized carbons (Fsp3) is 0.400. The number of para-hydroxylation sites is 1. The summed E-state index contributed by atoms with van der Waals surface area (Å²) >= 11 is 0. The molecule has 146 valence electrons. The summed E-state index contributed by atoms with van der Waals surface area (Å²) in [5.74, 6) is 0.0133. The Morgan fingerprint density at radius 3 is 2.30 bits per heavy atom. The first-order valence-electron chi connectivity index (χ1n) is 9.16. The third kappa shape index (κ3) is 5.76. The van der Waals surface area contributed by atoms with E-state index in [1.54, 1.807) is 22.5 Å². The number of benzene rings is 2. The SMILES string of the molecule is O=S(=O)(CCc1ccccc1)N1CCN(CCOc2ccccc2F)CC1. The van der Waals surface area contributed by atoms with Gasteiger partial charge >= 0.3 is 0 Å². The van der Waals surface area contributed by atoms with Gasteiger partial charge in [0.25, 0.3) is 0 Å². The molecule has 0 spiro atoms. The molecule has 1 saturated heterocycles. The van der Waals surface area contributed by atoms with E-state index in [4.69, 9.17) is 4.74 Å². The van der Waals surface area contributed by atoms with Crippen LogP contribution in [-0.4, -0.2) is 62.7 Å². The molecule has 0 bridgehead atoms. The summed E-state index contributed by atoms with van der Waals surface area (Å²) in [6, 6.07) is 16.0. The summed E-state index contributed by atoms with van der Waals surface area (Å²) in [7, 11) is -3.25. The van der Waals surface area contributed by atoms with Gasteiger partial charge in [-0.2, -0.15) is 4.31 Å². The van der Waals surface area contributed by atoms with E-state index >= 15 is 0 Å². The number of piperazine rings is 1. The Morgan fingerprint density at radius 1 is 0.926 bits per heavy atom. The fourth-order valence-corrected chi connectivity index (χ4v) is 4.57. The summed E-state index contributed by atoms with van der Waals surface area (Å²) in [6.07, 6.45) is 0.528. The molecule has 1 heterocycles. The Bertz CT molecular complexity index is 822. The lowest BCUT2D eigenvalue weighted by atomic mass is 10.2. The van der Waals surface area contributed by atoms with Crippen LogP contribution in [0.15, 0.2) is 54.6 Å². The smallest absolute Gasteiger partial charge is 0.214 e. The van der Waals surface area contributed by atoms with Crippen LogP contribution in [0.1, 0.15) is 5.56 Å². The average Bonchev–Trinajstić information content (AvgIpc) is 2.69. The molecule has 2 aromatic rings. The van der Waals surface area contributed by atoms with Crippen LogP contribution in [0.25, 0.3) is 0 Å². The first kappa shape index (κ1) is 19.8. The van der Waals surface area contributed by atoms with Gasteiger partial charge in [-0.3, -0.25) is 4.90 Å². The maximum Gasteiger partial charge on any atom is 0.214 e. The highest BCUT2D eigenvalue weighted by atomic mass is 32.2. The van der Waals surface area contributed by atoms with E-state index in [1.807, 2.05) is 30.3 Å². The topological polar surface area (TPSA) is 49.9 Å². The van der Waals surface area contributed by atoms with Crippen LogP contribution in [0.4, 0.5) is 4.39 Å². The molecule has 0 atom stereocenters. The van der Waals surface area contributed by atoms with Crippen molar-refractivity contribution in [3.63, 3.8) is 0 Å². The van der Waals surface area contributed by atoms with Gasteiger partial charge in [-0.25, -0.2) is 12.8 Å². The second-order valence-electron chi connectivity index (χ2n) is 6.57. The predicted molar refractivity (Wildman–Crippen MR) is 104 cm³/mol. The maximum atomic E-state index is 13.5. The quantitative estimate of drug-likeness (QED) is 0.692. The number of sulfonamides is 1. The highest BCUT2D eigenvalue weighted by molar-refractivity contribution is 7.89. The van der Waals surface area contributed by atoms with Gasteiger partial charge in [0.1, 0.15) is 6.61 Å². The normalized spacial score (nSPS) is 16.3. The van der Waals surface area contributed by atoms with E-state index < -0.39 is 10.0 Å². The van der Waals surface area contributed by atoms with Crippen LogP contribution in [0.2, 0.25) is 0 Å². The zero-order valence-corrected chi connectivity index (χ0v) is 16.1. The number of hydrogen-bond donors (Lipinski definition) is 0. The molecule has 27 heavy (non-hydrogen) atoms. The second kappa shape index (κ2) is 9.30. The van der Waals surface area contributed by atoms with Gasteiger partial charge in [-0.1, -0.05) is 42.5 Å². The number of aryl methyl sites for hydroxylation is 1. The van der Waals surface area contributed by atoms with Crippen molar-refractivity contribution in [1.82, 2.24) is 9.21 Å². The van der Waals surface area contributed by atoms with Gasteiger partial charge in [0.15, 0.2) is 11.6 Å². The zero-order valence-electron chi connectivity index (χ0n) is 15.3. The summed E-state index contributed by atoms with van der Waals surface area (Å²) in [5, 5.41) is 0. The Labute approximate surface area is 160 Å². The number of hydrogen-bond acceptors (Lipinski definition) is 4. The molecule has 0 N–H and O–H groups in total. The van der Waals surface area contributed by atoms with E-state index in [0.717, 1.165) is 5.56 Å². The minimum atomic E-state index is -3.25. The van der Waals surface area contributed by atoms with Crippen molar-refractivity contribution in [2.45, 2.75) is 6.42 Å². The first-order chi connectivity index (χ1) is 13.0. The van der Waals surface area contributed by atoms with E-state index in [0.29, 0.717) is 45.8 Å². The maximum absolute atomic E-state index is 13.5. The van der Waals surface area contributed by atoms with Crippen molar-refractivity contribution in [2.24, 2.45) is 0 Å². The molecule has 0 amide bonds. The summed E-state index contributed by atoms with van der Waals surface area (Å²) in [5.41, 5.74) is 1.03. The molecule has 0 unspecified atom stereocenters.